The monoisotopic (exact) mass is 339 g/mol. The Morgan fingerprint density at radius 1 is 1.13 bits per heavy atom. The molecular weight excluding hydrogens is 314 g/mol. The number of piperidine rings is 2. The van der Waals surface area contributed by atoms with Gasteiger partial charge in [0.2, 0.25) is 0 Å². The van der Waals surface area contributed by atoms with Gasteiger partial charge in [-0.25, -0.2) is 4.79 Å². The van der Waals surface area contributed by atoms with Crippen molar-refractivity contribution in [2.45, 2.75) is 38.1 Å². The molecule has 2 aliphatic heterocycles. The SMILES string of the molecule is COc1ccc(C(=O)OCC2CCCN3CCCCC23)cc1.Cl. The van der Waals surface area contributed by atoms with Crippen LogP contribution in [0.5, 0.6) is 5.75 Å². The Morgan fingerprint density at radius 2 is 1.87 bits per heavy atom. The van der Waals surface area contributed by atoms with E-state index in [1.807, 2.05) is 0 Å². The molecule has 1 aromatic carbocycles. The van der Waals surface area contributed by atoms with Crippen molar-refractivity contribution >= 4 is 18.4 Å². The smallest absolute Gasteiger partial charge is 0.338 e. The lowest BCUT2D eigenvalue weighted by Crippen LogP contribution is -2.49. The van der Waals surface area contributed by atoms with Gasteiger partial charge in [-0.15, -0.1) is 12.4 Å². The first-order valence-corrected chi connectivity index (χ1v) is 8.33. The van der Waals surface area contributed by atoms with Crippen LogP contribution in [0.1, 0.15) is 42.5 Å². The van der Waals surface area contributed by atoms with Gasteiger partial charge in [0, 0.05) is 12.0 Å². The molecule has 2 atom stereocenters. The van der Waals surface area contributed by atoms with E-state index in [4.69, 9.17) is 9.47 Å². The summed E-state index contributed by atoms with van der Waals surface area (Å²) in [5.74, 6) is 1.02. The lowest BCUT2D eigenvalue weighted by atomic mass is 9.84. The Kier molecular flexibility index (Phi) is 6.72. The van der Waals surface area contributed by atoms with Crippen molar-refractivity contribution in [2.75, 3.05) is 26.8 Å². The van der Waals surface area contributed by atoms with Crippen molar-refractivity contribution < 1.29 is 14.3 Å². The first-order valence-electron chi connectivity index (χ1n) is 8.33. The normalized spacial score (nSPS) is 24.2. The van der Waals surface area contributed by atoms with Gasteiger partial charge in [-0.3, -0.25) is 4.90 Å². The van der Waals surface area contributed by atoms with Gasteiger partial charge in [0.05, 0.1) is 19.3 Å². The number of benzene rings is 1. The number of methoxy groups -OCH3 is 1. The molecule has 0 saturated carbocycles. The van der Waals surface area contributed by atoms with Gasteiger partial charge in [0.15, 0.2) is 0 Å². The fraction of sp³-hybridized carbons (Fsp3) is 0.611. The maximum absolute atomic E-state index is 12.2. The van der Waals surface area contributed by atoms with E-state index in [1.54, 1.807) is 31.4 Å². The van der Waals surface area contributed by atoms with Crippen molar-refractivity contribution in [3.8, 4) is 5.75 Å². The molecule has 0 aromatic heterocycles. The molecule has 3 rings (SSSR count). The van der Waals surface area contributed by atoms with Gasteiger partial charge in [0.1, 0.15) is 5.75 Å². The van der Waals surface area contributed by atoms with Crippen LogP contribution in [0.25, 0.3) is 0 Å². The van der Waals surface area contributed by atoms with E-state index >= 15 is 0 Å². The van der Waals surface area contributed by atoms with Crippen LogP contribution in [-0.2, 0) is 4.74 Å². The third-order valence-corrected chi connectivity index (χ3v) is 4.98. The highest BCUT2D eigenvalue weighted by atomic mass is 35.5. The number of carbonyl (C=O) groups excluding carboxylic acids is 1. The van der Waals surface area contributed by atoms with Crippen molar-refractivity contribution in [3.63, 3.8) is 0 Å². The molecular formula is C18H26ClNO3. The van der Waals surface area contributed by atoms with Crippen molar-refractivity contribution in [3.05, 3.63) is 29.8 Å². The van der Waals surface area contributed by atoms with E-state index in [0.717, 1.165) is 5.75 Å². The molecule has 2 heterocycles. The number of ether oxygens (including phenoxy) is 2. The maximum atomic E-state index is 12.2. The number of rotatable bonds is 4. The Morgan fingerprint density at radius 3 is 2.61 bits per heavy atom. The molecule has 0 radical (unpaired) electrons. The molecule has 0 bridgehead atoms. The molecule has 4 nitrogen and oxygen atoms in total. The topological polar surface area (TPSA) is 38.8 Å². The average Bonchev–Trinajstić information content (AvgIpc) is 2.59. The minimum Gasteiger partial charge on any atom is -0.497 e. The van der Waals surface area contributed by atoms with Gasteiger partial charge in [-0.2, -0.15) is 0 Å². The van der Waals surface area contributed by atoms with Crippen LogP contribution in [0.3, 0.4) is 0 Å². The Balaban J connectivity index is 0.00000192. The van der Waals surface area contributed by atoms with Crippen LogP contribution in [0.4, 0.5) is 0 Å². The number of carbonyl (C=O) groups is 1. The van der Waals surface area contributed by atoms with Crippen LogP contribution < -0.4 is 4.74 Å². The molecule has 0 N–H and O–H groups in total. The van der Waals surface area contributed by atoms with Crippen molar-refractivity contribution in [1.82, 2.24) is 4.90 Å². The second kappa shape index (κ2) is 8.55. The minimum absolute atomic E-state index is 0. The predicted octanol–water partition coefficient (Wildman–Crippen LogP) is 3.54. The molecule has 2 fully saturated rings. The van der Waals surface area contributed by atoms with Gasteiger partial charge < -0.3 is 9.47 Å². The second-order valence-electron chi connectivity index (χ2n) is 6.33. The van der Waals surface area contributed by atoms with E-state index in [0.29, 0.717) is 24.1 Å². The van der Waals surface area contributed by atoms with Crippen LogP contribution in [0.15, 0.2) is 24.3 Å². The summed E-state index contributed by atoms with van der Waals surface area (Å²) in [6, 6.07) is 7.72. The Hall–Kier alpha value is -1.26. The maximum Gasteiger partial charge on any atom is 0.338 e. The fourth-order valence-corrected chi connectivity index (χ4v) is 3.76. The standard InChI is InChI=1S/C18H25NO3.ClH/c1-21-16-9-7-14(8-10-16)18(20)22-13-15-5-4-12-19-11-3-2-6-17(15)19;/h7-10,15,17H,2-6,11-13H2,1H3;1H. The van der Waals surface area contributed by atoms with Crippen LogP contribution in [0, 0.1) is 5.92 Å². The summed E-state index contributed by atoms with van der Waals surface area (Å²) < 4.78 is 10.7. The number of hydrogen-bond acceptors (Lipinski definition) is 4. The zero-order valence-electron chi connectivity index (χ0n) is 13.7. The molecule has 0 spiro atoms. The Labute approximate surface area is 144 Å². The summed E-state index contributed by atoms with van der Waals surface area (Å²) in [5.41, 5.74) is 0.595. The number of nitrogens with zero attached hydrogens (tertiary/aromatic N) is 1. The second-order valence-corrected chi connectivity index (χ2v) is 6.33. The van der Waals surface area contributed by atoms with E-state index in [-0.39, 0.29) is 18.4 Å². The van der Waals surface area contributed by atoms with E-state index < -0.39 is 0 Å². The number of esters is 1. The molecule has 5 heteroatoms. The molecule has 2 saturated heterocycles. The number of halogens is 1. The van der Waals surface area contributed by atoms with Crippen LogP contribution in [-0.4, -0.2) is 43.7 Å². The van der Waals surface area contributed by atoms with E-state index in [9.17, 15) is 4.79 Å². The highest BCUT2D eigenvalue weighted by Crippen LogP contribution is 2.31. The lowest BCUT2D eigenvalue weighted by Gasteiger charge is -2.44. The molecule has 23 heavy (non-hydrogen) atoms. The zero-order chi connectivity index (χ0) is 15.4. The lowest BCUT2D eigenvalue weighted by molar-refractivity contribution is 0.00739. The zero-order valence-corrected chi connectivity index (χ0v) is 14.5. The predicted molar refractivity (Wildman–Crippen MR) is 92.5 cm³/mol. The summed E-state index contributed by atoms with van der Waals surface area (Å²) in [4.78, 5) is 14.8. The van der Waals surface area contributed by atoms with Gasteiger partial charge in [0.25, 0.3) is 0 Å². The summed E-state index contributed by atoms with van der Waals surface area (Å²) in [6.07, 6.45) is 6.28. The molecule has 2 unspecified atom stereocenters. The van der Waals surface area contributed by atoms with E-state index in [1.165, 1.54) is 45.2 Å². The van der Waals surface area contributed by atoms with Gasteiger partial charge in [-0.05, 0) is 63.0 Å². The average molecular weight is 340 g/mol. The van der Waals surface area contributed by atoms with Gasteiger partial charge >= 0.3 is 5.97 Å². The molecule has 0 aliphatic carbocycles. The quantitative estimate of drug-likeness (QED) is 0.786. The Bertz CT molecular complexity index is 503. The van der Waals surface area contributed by atoms with E-state index in [2.05, 4.69) is 4.90 Å². The summed E-state index contributed by atoms with van der Waals surface area (Å²) in [7, 11) is 1.62. The van der Waals surface area contributed by atoms with Crippen molar-refractivity contribution in [2.24, 2.45) is 5.92 Å². The minimum atomic E-state index is -0.226. The summed E-state index contributed by atoms with van der Waals surface area (Å²) in [5, 5.41) is 0. The first kappa shape index (κ1) is 18.1. The fourth-order valence-electron chi connectivity index (χ4n) is 3.76. The van der Waals surface area contributed by atoms with Gasteiger partial charge in [-0.1, -0.05) is 6.42 Å². The number of hydrogen-bond donors (Lipinski definition) is 0. The van der Waals surface area contributed by atoms with Crippen molar-refractivity contribution in [1.29, 1.82) is 0 Å². The summed E-state index contributed by atoms with van der Waals surface area (Å²) >= 11 is 0. The molecule has 1 aromatic rings. The molecule has 0 amide bonds. The molecule has 2 aliphatic rings. The van der Waals surface area contributed by atoms with Crippen LogP contribution in [0.2, 0.25) is 0 Å². The first-order chi connectivity index (χ1) is 10.8. The highest BCUT2D eigenvalue weighted by Gasteiger charge is 2.33. The molecule has 128 valence electrons. The highest BCUT2D eigenvalue weighted by molar-refractivity contribution is 5.89. The summed E-state index contributed by atoms with van der Waals surface area (Å²) in [6.45, 7) is 2.98. The van der Waals surface area contributed by atoms with Crippen LogP contribution >= 0.6 is 12.4 Å². The largest absolute Gasteiger partial charge is 0.497 e. The third-order valence-electron chi connectivity index (χ3n) is 4.98. The number of fused-ring (bicyclic) bond motifs is 1. The third kappa shape index (κ3) is 4.39.